The molecule has 3 aromatic rings. The number of carbonyl (C=O) groups excluding carboxylic acids is 1. The van der Waals surface area contributed by atoms with Crippen LogP contribution in [0.15, 0.2) is 48.7 Å². The summed E-state index contributed by atoms with van der Waals surface area (Å²) in [5, 5.41) is 4.26. The van der Waals surface area contributed by atoms with Gasteiger partial charge in [0.1, 0.15) is 0 Å². The van der Waals surface area contributed by atoms with Gasteiger partial charge in [-0.25, -0.2) is 0 Å². The van der Waals surface area contributed by atoms with Gasteiger partial charge in [-0.3, -0.25) is 4.79 Å². The van der Waals surface area contributed by atoms with E-state index >= 15 is 0 Å². The third-order valence-electron chi connectivity index (χ3n) is 4.73. The first-order valence-corrected chi connectivity index (χ1v) is 8.88. The van der Waals surface area contributed by atoms with E-state index in [1.807, 2.05) is 42.1 Å². The van der Waals surface area contributed by atoms with Crippen molar-refractivity contribution in [3.8, 4) is 0 Å². The number of carbonyl (C=O) groups is 1. The van der Waals surface area contributed by atoms with Gasteiger partial charge in [0, 0.05) is 24.2 Å². The summed E-state index contributed by atoms with van der Waals surface area (Å²) >= 11 is 0. The first-order valence-electron chi connectivity index (χ1n) is 8.88. The quantitative estimate of drug-likeness (QED) is 0.654. The zero-order valence-corrected chi connectivity index (χ0v) is 15.6. The molecule has 25 heavy (non-hydrogen) atoms. The zero-order valence-electron chi connectivity index (χ0n) is 15.6. The molecule has 0 spiro atoms. The van der Waals surface area contributed by atoms with E-state index in [9.17, 15) is 4.79 Å². The number of aryl methyl sites for hydroxylation is 1. The van der Waals surface area contributed by atoms with Crippen LogP contribution in [0.25, 0.3) is 10.9 Å². The SMILES string of the molecule is CC(C)c1cccc(C(=O)Nc2cccc3ccn(C)c23)c1C(C)C. The second-order valence-electron chi connectivity index (χ2n) is 7.24. The number of para-hydroxylation sites is 1. The molecular weight excluding hydrogens is 308 g/mol. The molecule has 0 unspecified atom stereocenters. The lowest BCUT2D eigenvalue weighted by atomic mass is 9.86. The van der Waals surface area contributed by atoms with Crippen LogP contribution >= 0.6 is 0 Å². The Morgan fingerprint density at radius 3 is 2.36 bits per heavy atom. The lowest BCUT2D eigenvalue weighted by Gasteiger charge is -2.20. The molecule has 0 atom stereocenters. The number of hydrogen-bond acceptors (Lipinski definition) is 1. The number of nitrogens with one attached hydrogen (secondary N) is 1. The molecule has 3 rings (SSSR count). The molecule has 2 aromatic carbocycles. The van der Waals surface area contributed by atoms with E-state index in [0.717, 1.165) is 27.7 Å². The number of nitrogens with zero attached hydrogens (tertiary/aromatic N) is 1. The van der Waals surface area contributed by atoms with Crippen molar-refractivity contribution < 1.29 is 4.79 Å². The lowest BCUT2D eigenvalue weighted by molar-refractivity contribution is 0.102. The molecule has 1 N–H and O–H groups in total. The van der Waals surface area contributed by atoms with Crippen LogP contribution in [-0.4, -0.2) is 10.5 Å². The average molecular weight is 334 g/mol. The largest absolute Gasteiger partial charge is 0.349 e. The van der Waals surface area contributed by atoms with Gasteiger partial charge in [0.2, 0.25) is 0 Å². The predicted octanol–water partition coefficient (Wildman–Crippen LogP) is 5.68. The normalized spacial score (nSPS) is 11.5. The summed E-state index contributed by atoms with van der Waals surface area (Å²) in [5.74, 6) is 0.645. The van der Waals surface area contributed by atoms with E-state index in [1.165, 1.54) is 5.56 Å². The number of hydrogen-bond donors (Lipinski definition) is 1. The number of aromatic nitrogens is 1. The van der Waals surface area contributed by atoms with Crippen molar-refractivity contribution in [2.45, 2.75) is 39.5 Å². The highest BCUT2D eigenvalue weighted by Gasteiger charge is 2.19. The van der Waals surface area contributed by atoms with Crippen molar-refractivity contribution in [3.05, 3.63) is 65.4 Å². The Morgan fingerprint density at radius 2 is 1.68 bits per heavy atom. The molecule has 0 bridgehead atoms. The van der Waals surface area contributed by atoms with E-state index < -0.39 is 0 Å². The second kappa shape index (κ2) is 6.75. The molecule has 0 radical (unpaired) electrons. The van der Waals surface area contributed by atoms with Gasteiger partial charge < -0.3 is 9.88 Å². The van der Waals surface area contributed by atoms with E-state index in [1.54, 1.807) is 0 Å². The van der Waals surface area contributed by atoms with Crippen LogP contribution < -0.4 is 5.32 Å². The van der Waals surface area contributed by atoms with Crippen molar-refractivity contribution in [2.24, 2.45) is 7.05 Å². The first kappa shape index (κ1) is 17.3. The van der Waals surface area contributed by atoms with E-state index in [2.05, 4.69) is 51.2 Å². The zero-order chi connectivity index (χ0) is 18.1. The summed E-state index contributed by atoms with van der Waals surface area (Å²) in [6.45, 7) is 8.65. The number of amides is 1. The highest BCUT2D eigenvalue weighted by molar-refractivity contribution is 6.09. The molecule has 0 aliphatic carbocycles. The van der Waals surface area contributed by atoms with Crippen molar-refractivity contribution in [2.75, 3.05) is 5.32 Å². The molecule has 0 saturated carbocycles. The van der Waals surface area contributed by atoms with Crippen LogP contribution in [0.3, 0.4) is 0 Å². The fourth-order valence-electron chi connectivity index (χ4n) is 3.58. The Morgan fingerprint density at radius 1 is 0.960 bits per heavy atom. The topological polar surface area (TPSA) is 34.0 Å². The summed E-state index contributed by atoms with van der Waals surface area (Å²) in [6.07, 6.45) is 2.01. The highest BCUT2D eigenvalue weighted by atomic mass is 16.1. The molecule has 1 aromatic heterocycles. The van der Waals surface area contributed by atoms with Crippen molar-refractivity contribution in [1.82, 2.24) is 4.57 Å². The average Bonchev–Trinajstić information content (AvgIpc) is 2.96. The van der Waals surface area contributed by atoms with Crippen molar-refractivity contribution in [1.29, 1.82) is 0 Å². The monoisotopic (exact) mass is 334 g/mol. The number of rotatable bonds is 4. The summed E-state index contributed by atoms with van der Waals surface area (Å²) in [5.41, 5.74) is 5.06. The Hall–Kier alpha value is -2.55. The third-order valence-corrected chi connectivity index (χ3v) is 4.73. The molecule has 0 aliphatic rings. The maximum atomic E-state index is 13.1. The summed E-state index contributed by atoms with van der Waals surface area (Å²) < 4.78 is 2.04. The fraction of sp³-hybridized carbons (Fsp3) is 0.318. The lowest BCUT2D eigenvalue weighted by Crippen LogP contribution is -2.17. The van der Waals surface area contributed by atoms with Crippen LogP contribution in [0, 0.1) is 0 Å². The van der Waals surface area contributed by atoms with E-state index in [4.69, 9.17) is 0 Å². The third kappa shape index (κ3) is 3.19. The minimum absolute atomic E-state index is 0.0418. The summed E-state index contributed by atoms with van der Waals surface area (Å²) in [6, 6.07) is 14.1. The minimum Gasteiger partial charge on any atom is -0.349 e. The van der Waals surface area contributed by atoms with Gasteiger partial charge in [0.05, 0.1) is 11.2 Å². The minimum atomic E-state index is -0.0418. The standard InChI is InChI=1S/C22H26N2O/c1-14(2)17-9-7-10-18(20(17)15(3)4)22(25)23-19-11-6-8-16-12-13-24(5)21(16)19/h6-15H,1-5H3,(H,23,25). The second-order valence-corrected chi connectivity index (χ2v) is 7.24. The molecule has 3 nitrogen and oxygen atoms in total. The Balaban J connectivity index is 2.04. The smallest absolute Gasteiger partial charge is 0.256 e. The first-order chi connectivity index (χ1) is 11.9. The van der Waals surface area contributed by atoms with Crippen LogP contribution in [0.2, 0.25) is 0 Å². The van der Waals surface area contributed by atoms with Crippen LogP contribution in [0.4, 0.5) is 5.69 Å². The van der Waals surface area contributed by atoms with Gasteiger partial charge >= 0.3 is 0 Å². The van der Waals surface area contributed by atoms with Gasteiger partial charge in [0.25, 0.3) is 5.91 Å². The number of anilines is 1. The highest BCUT2D eigenvalue weighted by Crippen LogP contribution is 2.31. The van der Waals surface area contributed by atoms with Gasteiger partial charge in [-0.15, -0.1) is 0 Å². The van der Waals surface area contributed by atoms with Gasteiger partial charge in [-0.1, -0.05) is 52.0 Å². The Labute approximate surface area is 149 Å². The maximum Gasteiger partial charge on any atom is 0.256 e. The maximum absolute atomic E-state index is 13.1. The van der Waals surface area contributed by atoms with Crippen LogP contribution in [-0.2, 0) is 7.05 Å². The Bertz CT molecular complexity index is 919. The van der Waals surface area contributed by atoms with Gasteiger partial charge in [0.15, 0.2) is 0 Å². The van der Waals surface area contributed by atoms with Crippen LogP contribution in [0.5, 0.6) is 0 Å². The molecule has 0 saturated heterocycles. The van der Waals surface area contributed by atoms with E-state index in [0.29, 0.717) is 11.8 Å². The van der Waals surface area contributed by atoms with Crippen LogP contribution in [0.1, 0.15) is 61.0 Å². The molecule has 0 aliphatic heterocycles. The van der Waals surface area contributed by atoms with E-state index in [-0.39, 0.29) is 5.91 Å². The van der Waals surface area contributed by atoms with Gasteiger partial charge in [-0.2, -0.15) is 0 Å². The summed E-state index contributed by atoms with van der Waals surface area (Å²) in [7, 11) is 2.00. The number of benzene rings is 2. The molecule has 130 valence electrons. The number of fused-ring (bicyclic) bond motifs is 1. The van der Waals surface area contributed by atoms with Crippen molar-refractivity contribution >= 4 is 22.5 Å². The molecule has 1 heterocycles. The van der Waals surface area contributed by atoms with Gasteiger partial charge in [-0.05, 0) is 41.2 Å². The molecule has 3 heteroatoms. The molecule has 0 fully saturated rings. The van der Waals surface area contributed by atoms with Crippen molar-refractivity contribution in [3.63, 3.8) is 0 Å². The predicted molar refractivity (Wildman–Crippen MR) is 105 cm³/mol. The Kier molecular flexibility index (Phi) is 4.67. The molecular formula is C22H26N2O. The fourth-order valence-corrected chi connectivity index (χ4v) is 3.58. The molecule has 1 amide bonds. The summed E-state index contributed by atoms with van der Waals surface area (Å²) in [4.78, 5) is 13.1.